The van der Waals surface area contributed by atoms with E-state index in [2.05, 4.69) is 6.92 Å². The quantitative estimate of drug-likeness (QED) is 0.0727. The summed E-state index contributed by atoms with van der Waals surface area (Å²) in [5.74, 6) is 0.854. The molecule has 0 unspecified atom stereocenters. The predicted molar refractivity (Wildman–Crippen MR) is 205 cm³/mol. The van der Waals surface area contributed by atoms with Gasteiger partial charge in [0.1, 0.15) is 0 Å². The van der Waals surface area contributed by atoms with Crippen LogP contribution in [-0.2, 0) is 0 Å². The van der Waals surface area contributed by atoms with Crippen LogP contribution in [0, 0.1) is 0 Å². The highest BCUT2D eigenvalue weighted by molar-refractivity contribution is 5.37. The summed E-state index contributed by atoms with van der Waals surface area (Å²) >= 11 is 0. The van der Waals surface area contributed by atoms with Crippen molar-refractivity contribution in [3.05, 3.63) is 24.3 Å². The highest BCUT2D eigenvalue weighted by Gasteiger charge is 2.00. The monoisotopic (exact) mass is 643 g/mol. The normalized spacial score (nSPS) is 11.4. The molecule has 0 atom stereocenters. The van der Waals surface area contributed by atoms with E-state index in [9.17, 15) is 5.11 Å². The number of hydrogen-bond donors (Lipinski definition) is 1. The lowest BCUT2D eigenvalue weighted by atomic mass is 10.0. The number of phenolic OH excluding ortho intramolecular Hbond substituents is 1. The molecule has 0 spiro atoms. The predicted octanol–water partition coefficient (Wildman–Crippen LogP) is 15.8. The first-order chi connectivity index (χ1) is 22.8. The molecule has 0 bridgehead atoms. The minimum absolute atomic E-state index is 0.244. The number of rotatable bonds is 38. The first-order valence-corrected chi connectivity index (χ1v) is 21.3. The van der Waals surface area contributed by atoms with Crippen LogP contribution in [0.15, 0.2) is 24.3 Å². The average Bonchev–Trinajstić information content (AvgIpc) is 3.07. The minimum Gasteiger partial charge on any atom is -0.504 e. The van der Waals surface area contributed by atoms with Crippen molar-refractivity contribution < 1.29 is 9.84 Å². The van der Waals surface area contributed by atoms with Gasteiger partial charge in [-0.15, -0.1) is 0 Å². The van der Waals surface area contributed by atoms with Crippen LogP contribution in [0.3, 0.4) is 0 Å². The van der Waals surface area contributed by atoms with Gasteiger partial charge in [-0.3, -0.25) is 0 Å². The van der Waals surface area contributed by atoms with Crippen molar-refractivity contribution in [1.29, 1.82) is 0 Å². The third kappa shape index (κ3) is 31.4. The summed E-state index contributed by atoms with van der Waals surface area (Å²) < 4.78 is 5.66. The fourth-order valence-corrected chi connectivity index (χ4v) is 6.95. The van der Waals surface area contributed by atoms with E-state index in [-0.39, 0.29) is 5.75 Å². The molecule has 0 heterocycles. The van der Waals surface area contributed by atoms with Gasteiger partial charge in [-0.05, 0) is 18.6 Å². The lowest BCUT2D eigenvalue weighted by Crippen LogP contribution is -1.97. The van der Waals surface area contributed by atoms with Gasteiger partial charge in [-0.2, -0.15) is 0 Å². The molecule has 46 heavy (non-hydrogen) atoms. The van der Waals surface area contributed by atoms with E-state index >= 15 is 0 Å². The Kier molecular flexibility index (Phi) is 34.1. The Bertz CT molecular complexity index is 701. The van der Waals surface area contributed by atoms with Crippen molar-refractivity contribution in [2.45, 2.75) is 238 Å². The van der Waals surface area contributed by atoms with Crippen LogP contribution in [0.2, 0.25) is 0 Å². The lowest BCUT2D eigenvalue weighted by molar-refractivity contribution is 0.288. The van der Waals surface area contributed by atoms with Crippen molar-refractivity contribution in [1.82, 2.24) is 0 Å². The number of hydrogen-bond acceptors (Lipinski definition) is 2. The zero-order valence-electron chi connectivity index (χ0n) is 31.3. The van der Waals surface area contributed by atoms with Crippen molar-refractivity contribution in [3.63, 3.8) is 0 Å². The molecule has 1 N–H and O–H groups in total. The molecule has 0 aromatic heterocycles. The second kappa shape index (κ2) is 36.7. The topological polar surface area (TPSA) is 29.5 Å². The highest BCUT2D eigenvalue weighted by Crippen LogP contribution is 2.24. The molecule has 0 saturated carbocycles. The van der Waals surface area contributed by atoms with Crippen molar-refractivity contribution in [3.8, 4) is 11.5 Å². The van der Waals surface area contributed by atoms with Crippen LogP contribution in [0.4, 0.5) is 0 Å². The summed E-state index contributed by atoms with van der Waals surface area (Å²) in [5.41, 5.74) is 0. The Balaban J connectivity index is 1.62. The molecule has 0 aliphatic heterocycles. The number of para-hydroxylation sites is 2. The number of phenols is 1. The molecule has 2 heteroatoms. The van der Waals surface area contributed by atoms with Gasteiger partial charge in [0.15, 0.2) is 11.5 Å². The molecule has 0 saturated heterocycles. The Morgan fingerprint density at radius 3 is 0.848 bits per heavy atom. The van der Waals surface area contributed by atoms with Crippen LogP contribution in [0.25, 0.3) is 0 Å². The first kappa shape index (κ1) is 42.8. The molecule has 1 aromatic rings. The van der Waals surface area contributed by atoms with E-state index < -0.39 is 0 Å². The Hall–Kier alpha value is -1.18. The van der Waals surface area contributed by atoms with E-state index in [0.717, 1.165) is 6.42 Å². The maximum absolute atomic E-state index is 9.72. The van der Waals surface area contributed by atoms with Crippen molar-refractivity contribution in [2.75, 3.05) is 6.61 Å². The van der Waals surface area contributed by atoms with Crippen LogP contribution < -0.4 is 4.74 Å². The van der Waals surface area contributed by atoms with Crippen molar-refractivity contribution in [2.24, 2.45) is 0 Å². The second-order valence-electron chi connectivity index (χ2n) is 14.7. The van der Waals surface area contributed by atoms with Gasteiger partial charge in [-0.1, -0.05) is 244 Å². The molecule has 1 aromatic carbocycles. The summed E-state index contributed by atoms with van der Waals surface area (Å²) in [6.07, 6.45) is 51.8. The zero-order chi connectivity index (χ0) is 32.9. The number of unbranched alkanes of at least 4 members (excludes halogenated alkanes) is 35. The average molecular weight is 643 g/mol. The van der Waals surface area contributed by atoms with E-state index in [1.165, 1.54) is 225 Å². The maximum atomic E-state index is 9.72. The van der Waals surface area contributed by atoms with Crippen LogP contribution in [0.5, 0.6) is 11.5 Å². The fraction of sp³-hybridized carbons (Fsp3) is 0.864. The molecule has 1 rings (SSSR count). The largest absolute Gasteiger partial charge is 0.504 e. The van der Waals surface area contributed by atoms with Crippen molar-refractivity contribution >= 4 is 0 Å². The molecular weight excluding hydrogens is 560 g/mol. The van der Waals surface area contributed by atoms with E-state index in [1.807, 2.05) is 18.2 Å². The Morgan fingerprint density at radius 1 is 0.348 bits per heavy atom. The summed E-state index contributed by atoms with van der Waals surface area (Å²) in [7, 11) is 0. The van der Waals surface area contributed by atoms with Gasteiger partial charge < -0.3 is 9.84 Å². The number of ether oxygens (including phenoxy) is 1. The van der Waals surface area contributed by atoms with E-state index in [4.69, 9.17) is 4.74 Å². The van der Waals surface area contributed by atoms with Gasteiger partial charge >= 0.3 is 0 Å². The SMILES string of the molecule is CCCCCCCCCCCCCCCCCCCCCCCCCCCCCCCCCCCCCCOc1ccccc1O. The number of aromatic hydroxyl groups is 1. The standard InChI is InChI=1S/C44H82O2/c1-2-3-4-5-6-7-8-9-10-11-12-13-14-15-16-17-18-19-20-21-22-23-24-25-26-27-28-29-30-31-32-33-34-35-36-39-42-46-44-41-38-37-40-43(44)45/h37-38,40-41,45H,2-36,39,42H2,1H3. The maximum Gasteiger partial charge on any atom is 0.160 e. The lowest BCUT2D eigenvalue weighted by Gasteiger charge is -2.07. The van der Waals surface area contributed by atoms with E-state index in [1.54, 1.807) is 6.07 Å². The Morgan fingerprint density at radius 2 is 0.587 bits per heavy atom. The molecule has 0 amide bonds. The smallest absolute Gasteiger partial charge is 0.160 e. The van der Waals surface area contributed by atoms with E-state index in [0.29, 0.717) is 12.4 Å². The third-order valence-corrected chi connectivity index (χ3v) is 10.1. The molecule has 0 aliphatic rings. The summed E-state index contributed by atoms with van der Waals surface area (Å²) in [6.45, 7) is 3.01. The summed E-state index contributed by atoms with van der Waals surface area (Å²) in [6, 6.07) is 7.24. The Labute approximate surface area is 289 Å². The van der Waals surface area contributed by atoms with Crippen LogP contribution in [0.1, 0.15) is 238 Å². The van der Waals surface area contributed by atoms with Gasteiger partial charge in [0, 0.05) is 0 Å². The molecule has 270 valence electrons. The summed E-state index contributed by atoms with van der Waals surface area (Å²) in [4.78, 5) is 0. The zero-order valence-corrected chi connectivity index (χ0v) is 31.3. The second-order valence-corrected chi connectivity index (χ2v) is 14.7. The van der Waals surface area contributed by atoms with Gasteiger partial charge in [0.25, 0.3) is 0 Å². The van der Waals surface area contributed by atoms with Gasteiger partial charge in [-0.25, -0.2) is 0 Å². The third-order valence-electron chi connectivity index (χ3n) is 10.1. The van der Waals surface area contributed by atoms with Gasteiger partial charge in [0.2, 0.25) is 0 Å². The molecule has 0 aliphatic carbocycles. The molecule has 2 nitrogen and oxygen atoms in total. The molecular formula is C44H82O2. The summed E-state index contributed by atoms with van der Waals surface area (Å²) in [5, 5.41) is 9.72. The van der Waals surface area contributed by atoms with Crippen LogP contribution >= 0.6 is 0 Å². The van der Waals surface area contributed by atoms with Gasteiger partial charge in [0.05, 0.1) is 6.61 Å². The highest BCUT2D eigenvalue weighted by atomic mass is 16.5. The first-order valence-electron chi connectivity index (χ1n) is 21.3. The van der Waals surface area contributed by atoms with Crippen LogP contribution in [-0.4, -0.2) is 11.7 Å². The fourth-order valence-electron chi connectivity index (χ4n) is 6.95. The minimum atomic E-state index is 0.244. The molecule has 0 radical (unpaired) electrons. The number of benzene rings is 1. The molecule has 0 fully saturated rings.